The number of rotatable bonds is 3. The third-order valence-electron chi connectivity index (χ3n) is 4.82. The highest BCUT2D eigenvalue weighted by Crippen LogP contribution is 2.38. The molecule has 1 amide bonds. The molecule has 0 bridgehead atoms. The zero-order valence-electron chi connectivity index (χ0n) is 14.8. The predicted molar refractivity (Wildman–Crippen MR) is 96.0 cm³/mol. The van der Waals surface area contributed by atoms with Crippen LogP contribution in [-0.2, 0) is 10.4 Å². The van der Waals surface area contributed by atoms with Gasteiger partial charge in [0.1, 0.15) is 5.60 Å². The normalized spacial score (nSPS) is 17.9. The molecule has 2 aromatic rings. The van der Waals surface area contributed by atoms with Crippen LogP contribution in [-0.4, -0.2) is 17.1 Å². The van der Waals surface area contributed by atoms with Crippen LogP contribution in [0.1, 0.15) is 46.2 Å². The maximum atomic E-state index is 11.9. The van der Waals surface area contributed by atoms with E-state index in [1.54, 1.807) is 0 Å². The first kappa shape index (κ1) is 16.7. The van der Waals surface area contributed by atoms with E-state index in [1.165, 1.54) is 0 Å². The quantitative estimate of drug-likeness (QED) is 0.909. The molecule has 0 saturated carbocycles. The summed E-state index contributed by atoms with van der Waals surface area (Å²) in [5.41, 5.74) is 4.90. The van der Waals surface area contributed by atoms with Crippen LogP contribution in [0.25, 0.3) is 0 Å². The molecule has 3 heteroatoms. The van der Waals surface area contributed by atoms with E-state index in [2.05, 4.69) is 17.4 Å². The molecule has 2 N–H and O–H groups in total. The van der Waals surface area contributed by atoms with Crippen LogP contribution in [0.4, 0.5) is 0 Å². The highest BCUT2D eigenvalue weighted by molar-refractivity contribution is 5.79. The molecule has 2 aromatic carbocycles. The predicted octanol–water partition coefficient (Wildman–Crippen LogP) is 3.43. The summed E-state index contributed by atoms with van der Waals surface area (Å²) in [6.45, 7) is 8.13. The van der Waals surface area contributed by atoms with Gasteiger partial charge in [-0.3, -0.25) is 4.79 Å². The molecule has 0 radical (unpaired) electrons. The van der Waals surface area contributed by atoms with Crippen LogP contribution in [0.15, 0.2) is 36.4 Å². The number of hydrogen-bond acceptors (Lipinski definition) is 2. The van der Waals surface area contributed by atoms with Gasteiger partial charge in [-0.15, -0.1) is 0 Å². The standard InChI is InChI=1S/C21H25NO2/c1-13-7-14(2)10-17(9-13)21(24,19-5-6-20(23)22-19)18-11-15(3)8-16(4)12-18/h7-12,19,24H,5-6H2,1-4H3,(H,22,23)/t19-/m1/s1. The van der Waals surface area contributed by atoms with Crippen molar-refractivity contribution in [1.29, 1.82) is 0 Å². The van der Waals surface area contributed by atoms with Gasteiger partial charge in [-0.05, 0) is 45.2 Å². The van der Waals surface area contributed by atoms with Gasteiger partial charge in [-0.2, -0.15) is 0 Å². The number of carbonyl (C=O) groups is 1. The van der Waals surface area contributed by atoms with Crippen LogP contribution in [0.5, 0.6) is 0 Å². The van der Waals surface area contributed by atoms with E-state index >= 15 is 0 Å². The van der Waals surface area contributed by atoms with E-state index in [1.807, 2.05) is 52.0 Å². The van der Waals surface area contributed by atoms with Gasteiger partial charge in [0, 0.05) is 6.42 Å². The minimum atomic E-state index is -1.22. The monoisotopic (exact) mass is 323 g/mol. The van der Waals surface area contributed by atoms with Gasteiger partial charge in [0.05, 0.1) is 6.04 Å². The molecule has 24 heavy (non-hydrogen) atoms. The summed E-state index contributed by atoms with van der Waals surface area (Å²) >= 11 is 0. The van der Waals surface area contributed by atoms with Crippen molar-refractivity contribution >= 4 is 5.91 Å². The van der Waals surface area contributed by atoms with E-state index in [0.717, 1.165) is 33.4 Å². The molecule has 3 rings (SSSR count). The minimum absolute atomic E-state index is 0.00664. The minimum Gasteiger partial charge on any atom is -0.378 e. The van der Waals surface area contributed by atoms with Crippen LogP contribution in [0, 0.1) is 27.7 Å². The molecule has 1 fully saturated rings. The lowest BCUT2D eigenvalue weighted by atomic mass is 9.77. The average Bonchev–Trinajstić information content (AvgIpc) is 2.91. The van der Waals surface area contributed by atoms with Crippen LogP contribution in [0.3, 0.4) is 0 Å². The molecule has 3 nitrogen and oxygen atoms in total. The third-order valence-corrected chi connectivity index (χ3v) is 4.82. The van der Waals surface area contributed by atoms with Crippen molar-refractivity contribution in [2.75, 3.05) is 0 Å². The molecule has 1 saturated heterocycles. The van der Waals surface area contributed by atoms with Gasteiger partial charge >= 0.3 is 0 Å². The van der Waals surface area contributed by atoms with Crippen molar-refractivity contribution in [1.82, 2.24) is 5.32 Å². The Kier molecular flexibility index (Phi) is 4.22. The Morgan fingerprint density at radius 1 is 0.875 bits per heavy atom. The van der Waals surface area contributed by atoms with E-state index in [0.29, 0.717) is 12.8 Å². The summed E-state index contributed by atoms with van der Waals surface area (Å²) in [6.07, 6.45) is 1.10. The Hall–Kier alpha value is -2.13. The third kappa shape index (κ3) is 2.96. The molecule has 126 valence electrons. The highest BCUT2D eigenvalue weighted by atomic mass is 16.3. The highest BCUT2D eigenvalue weighted by Gasteiger charge is 2.44. The van der Waals surface area contributed by atoms with Crippen LogP contribution < -0.4 is 5.32 Å². The lowest BCUT2D eigenvalue weighted by Gasteiger charge is -2.36. The first-order valence-electron chi connectivity index (χ1n) is 8.48. The van der Waals surface area contributed by atoms with Crippen molar-refractivity contribution in [3.63, 3.8) is 0 Å². The number of hydrogen-bond donors (Lipinski definition) is 2. The van der Waals surface area contributed by atoms with Crippen molar-refractivity contribution in [2.45, 2.75) is 52.2 Å². The van der Waals surface area contributed by atoms with Gasteiger partial charge in [0.2, 0.25) is 5.91 Å². The van der Waals surface area contributed by atoms with Gasteiger partial charge in [0.25, 0.3) is 0 Å². The fourth-order valence-corrected chi connectivity index (χ4v) is 3.89. The lowest BCUT2D eigenvalue weighted by molar-refractivity contribution is -0.120. The van der Waals surface area contributed by atoms with Crippen LogP contribution in [0.2, 0.25) is 0 Å². The molecule has 0 unspecified atom stereocenters. The smallest absolute Gasteiger partial charge is 0.220 e. The number of carbonyl (C=O) groups excluding carboxylic acids is 1. The van der Waals surface area contributed by atoms with Gasteiger partial charge in [-0.1, -0.05) is 58.7 Å². The van der Waals surface area contributed by atoms with Gasteiger partial charge in [0.15, 0.2) is 0 Å². The second kappa shape index (κ2) is 6.06. The summed E-state index contributed by atoms with van der Waals surface area (Å²) < 4.78 is 0. The summed E-state index contributed by atoms with van der Waals surface area (Å²) in [6, 6.07) is 12.0. The van der Waals surface area contributed by atoms with Crippen molar-refractivity contribution in [3.05, 3.63) is 69.8 Å². The summed E-state index contributed by atoms with van der Waals surface area (Å²) in [5.74, 6) is 0.00664. The lowest BCUT2D eigenvalue weighted by Crippen LogP contribution is -2.47. The molecule has 1 aliphatic rings. The number of aliphatic hydroxyl groups is 1. The molecule has 1 aliphatic heterocycles. The van der Waals surface area contributed by atoms with Crippen molar-refractivity contribution in [3.8, 4) is 0 Å². The Morgan fingerprint density at radius 3 is 1.62 bits per heavy atom. The second-order valence-corrected chi connectivity index (χ2v) is 7.18. The summed E-state index contributed by atoms with van der Waals surface area (Å²) in [7, 11) is 0. The zero-order chi connectivity index (χ0) is 17.5. The molecule has 0 aromatic heterocycles. The molecular weight excluding hydrogens is 298 g/mol. The molecule has 0 spiro atoms. The topological polar surface area (TPSA) is 49.3 Å². The zero-order valence-corrected chi connectivity index (χ0v) is 14.8. The summed E-state index contributed by atoms with van der Waals surface area (Å²) in [5, 5.41) is 14.8. The van der Waals surface area contributed by atoms with E-state index in [4.69, 9.17) is 0 Å². The number of amides is 1. The number of nitrogens with one attached hydrogen (secondary N) is 1. The van der Waals surface area contributed by atoms with Gasteiger partial charge < -0.3 is 10.4 Å². The van der Waals surface area contributed by atoms with Crippen LogP contribution >= 0.6 is 0 Å². The fourth-order valence-electron chi connectivity index (χ4n) is 3.89. The average molecular weight is 323 g/mol. The maximum absolute atomic E-state index is 11.9. The largest absolute Gasteiger partial charge is 0.378 e. The van der Waals surface area contributed by atoms with E-state index in [-0.39, 0.29) is 11.9 Å². The fraction of sp³-hybridized carbons (Fsp3) is 0.381. The Morgan fingerprint density at radius 2 is 1.29 bits per heavy atom. The number of aryl methyl sites for hydroxylation is 4. The first-order valence-corrected chi connectivity index (χ1v) is 8.48. The number of benzene rings is 2. The molecular formula is C21H25NO2. The molecule has 1 heterocycles. The van der Waals surface area contributed by atoms with Crippen molar-refractivity contribution < 1.29 is 9.90 Å². The first-order chi connectivity index (χ1) is 11.3. The Bertz CT molecular complexity index is 702. The Balaban J connectivity index is 2.22. The van der Waals surface area contributed by atoms with Crippen molar-refractivity contribution in [2.24, 2.45) is 0 Å². The SMILES string of the molecule is Cc1cc(C)cc(C(O)(c2cc(C)cc(C)c2)[C@H]2CCC(=O)N2)c1. The molecule has 0 aliphatic carbocycles. The molecule has 1 atom stereocenters. The summed E-state index contributed by atoms with van der Waals surface area (Å²) in [4.78, 5) is 11.8. The Labute approximate surface area is 143 Å². The van der Waals surface area contributed by atoms with E-state index < -0.39 is 5.60 Å². The van der Waals surface area contributed by atoms with Gasteiger partial charge in [-0.25, -0.2) is 0 Å². The maximum Gasteiger partial charge on any atom is 0.220 e. The second-order valence-electron chi connectivity index (χ2n) is 7.18. The van der Waals surface area contributed by atoms with E-state index in [9.17, 15) is 9.90 Å².